The van der Waals surface area contributed by atoms with Crippen LogP contribution in [0.1, 0.15) is 39.5 Å². The Morgan fingerprint density at radius 1 is 0.941 bits per heavy atom. The summed E-state index contributed by atoms with van der Waals surface area (Å²) >= 11 is 0. The van der Waals surface area contributed by atoms with Gasteiger partial charge in [0.25, 0.3) is 0 Å². The second kappa shape index (κ2) is 4.22. The van der Waals surface area contributed by atoms with E-state index in [9.17, 15) is 5.11 Å². The lowest BCUT2D eigenvalue weighted by molar-refractivity contribution is -0.00409. The van der Waals surface area contributed by atoms with Gasteiger partial charge in [-0.3, -0.25) is 9.80 Å². The summed E-state index contributed by atoms with van der Waals surface area (Å²) in [6, 6.07) is 1.33. The minimum absolute atomic E-state index is 0.123. The lowest BCUT2D eigenvalue weighted by Crippen LogP contribution is -2.53. The number of hydrogen-bond acceptors (Lipinski definition) is 3. The van der Waals surface area contributed by atoms with Crippen LogP contribution in [0.5, 0.6) is 0 Å². The van der Waals surface area contributed by atoms with Crippen molar-refractivity contribution < 1.29 is 5.11 Å². The third-order valence-electron chi connectivity index (χ3n) is 5.13. The van der Waals surface area contributed by atoms with Gasteiger partial charge in [0.1, 0.15) is 0 Å². The Kier molecular flexibility index (Phi) is 2.96. The maximum absolute atomic E-state index is 10.4. The maximum Gasteiger partial charge on any atom is 0.0746 e. The van der Waals surface area contributed by atoms with Crippen molar-refractivity contribution in [3.05, 3.63) is 0 Å². The predicted molar refractivity (Wildman–Crippen MR) is 69.0 cm³/mol. The first kappa shape index (κ1) is 11.9. The van der Waals surface area contributed by atoms with Gasteiger partial charge in [-0.15, -0.1) is 0 Å². The molecule has 1 N–H and O–H groups in total. The molecule has 2 atom stereocenters. The van der Waals surface area contributed by atoms with Gasteiger partial charge in [-0.05, 0) is 31.1 Å². The van der Waals surface area contributed by atoms with Gasteiger partial charge in [-0.1, -0.05) is 13.8 Å². The quantitative estimate of drug-likeness (QED) is 0.786. The van der Waals surface area contributed by atoms with Crippen LogP contribution in [-0.4, -0.2) is 59.3 Å². The molecule has 0 aromatic rings. The van der Waals surface area contributed by atoms with Gasteiger partial charge in [0.2, 0.25) is 0 Å². The van der Waals surface area contributed by atoms with E-state index in [-0.39, 0.29) is 11.5 Å². The largest absolute Gasteiger partial charge is 0.391 e. The van der Waals surface area contributed by atoms with Crippen molar-refractivity contribution in [2.24, 2.45) is 5.41 Å². The summed E-state index contributed by atoms with van der Waals surface area (Å²) in [6.07, 6.45) is 5.05. The van der Waals surface area contributed by atoms with Crippen LogP contribution in [0.4, 0.5) is 0 Å². The Hall–Kier alpha value is -0.120. The van der Waals surface area contributed by atoms with E-state index in [1.165, 1.54) is 38.8 Å². The van der Waals surface area contributed by atoms with Gasteiger partial charge in [-0.2, -0.15) is 0 Å². The molecule has 0 radical (unpaired) electrons. The number of aliphatic hydroxyl groups is 1. The van der Waals surface area contributed by atoms with Crippen LogP contribution in [0.2, 0.25) is 0 Å². The first-order chi connectivity index (χ1) is 8.08. The highest BCUT2D eigenvalue weighted by Gasteiger charge is 2.44. The lowest BCUT2D eigenvalue weighted by atomic mass is 9.88. The van der Waals surface area contributed by atoms with Crippen LogP contribution in [0.15, 0.2) is 0 Å². The fraction of sp³-hybridized carbons (Fsp3) is 1.00. The molecule has 17 heavy (non-hydrogen) atoms. The van der Waals surface area contributed by atoms with Gasteiger partial charge >= 0.3 is 0 Å². The third kappa shape index (κ3) is 2.25. The molecule has 3 aliphatic rings. The van der Waals surface area contributed by atoms with Crippen LogP contribution in [0.25, 0.3) is 0 Å². The van der Waals surface area contributed by atoms with Crippen LogP contribution >= 0.6 is 0 Å². The Morgan fingerprint density at radius 2 is 1.53 bits per heavy atom. The second-order valence-corrected chi connectivity index (χ2v) is 6.84. The normalized spacial score (nSPS) is 39.7. The fourth-order valence-electron chi connectivity index (χ4n) is 3.60. The van der Waals surface area contributed by atoms with Crippen LogP contribution in [-0.2, 0) is 0 Å². The molecule has 3 rings (SSSR count). The van der Waals surface area contributed by atoms with Gasteiger partial charge in [-0.25, -0.2) is 0 Å². The van der Waals surface area contributed by atoms with Crippen molar-refractivity contribution in [2.75, 3.05) is 26.2 Å². The number of hydrogen-bond donors (Lipinski definition) is 1. The van der Waals surface area contributed by atoms with E-state index in [4.69, 9.17) is 0 Å². The molecule has 1 aliphatic heterocycles. The molecule has 2 unspecified atom stereocenters. The molecule has 0 spiro atoms. The number of nitrogens with zero attached hydrogens (tertiary/aromatic N) is 2. The topological polar surface area (TPSA) is 26.7 Å². The zero-order chi connectivity index (χ0) is 12.0. The van der Waals surface area contributed by atoms with E-state index < -0.39 is 0 Å². The van der Waals surface area contributed by atoms with Gasteiger partial charge in [0.05, 0.1) is 6.10 Å². The van der Waals surface area contributed by atoms with E-state index in [0.717, 1.165) is 19.1 Å². The summed E-state index contributed by atoms with van der Waals surface area (Å²) in [6.45, 7) is 9.17. The number of piperazine rings is 1. The van der Waals surface area contributed by atoms with E-state index >= 15 is 0 Å². The molecule has 3 fully saturated rings. The summed E-state index contributed by atoms with van der Waals surface area (Å²) in [4.78, 5) is 5.18. The van der Waals surface area contributed by atoms with Gasteiger partial charge in [0.15, 0.2) is 0 Å². The predicted octanol–water partition coefficient (Wildman–Crippen LogP) is 1.32. The van der Waals surface area contributed by atoms with E-state index in [1.807, 2.05) is 0 Å². The fourth-order valence-corrected chi connectivity index (χ4v) is 3.60. The Labute approximate surface area is 105 Å². The number of aliphatic hydroxyl groups excluding tert-OH is 1. The van der Waals surface area contributed by atoms with Gasteiger partial charge in [0, 0.05) is 38.3 Å². The van der Waals surface area contributed by atoms with Crippen molar-refractivity contribution in [1.82, 2.24) is 9.80 Å². The highest BCUT2D eigenvalue weighted by atomic mass is 16.3. The molecule has 3 heteroatoms. The van der Waals surface area contributed by atoms with Crippen molar-refractivity contribution in [2.45, 2.75) is 57.7 Å². The van der Waals surface area contributed by atoms with Crippen LogP contribution in [0, 0.1) is 5.41 Å². The van der Waals surface area contributed by atoms with Crippen molar-refractivity contribution in [1.29, 1.82) is 0 Å². The first-order valence-corrected chi connectivity index (χ1v) is 7.24. The monoisotopic (exact) mass is 238 g/mol. The molecule has 0 aromatic heterocycles. The molecule has 98 valence electrons. The minimum Gasteiger partial charge on any atom is -0.391 e. The van der Waals surface area contributed by atoms with E-state index in [0.29, 0.717) is 6.04 Å². The lowest BCUT2D eigenvalue weighted by Gasteiger charge is -2.40. The molecular formula is C14H26N2O. The molecule has 3 nitrogen and oxygen atoms in total. The zero-order valence-corrected chi connectivity index (χ0v) is 11.2. The minimum atomic E-state index is -0.130. The Balaban J connectivity index is 1.56. The van der Waals surface area contributed by atoms with Crippen molar-refractivity contribution in [3.8, 4) is 0 Å². The smallest absolute Gasteiger partial charge is 0.0746 e. The standard InChI is InChI=1S/C14H26N2O/c1-14(2)6-5-12(13(14)17)16-9-7-15(8-10-16)11-3-4-11/h11-13,17H,3-10H2,1-2H3. The average Bonchev–Trinajstić information content (AvgIpc) is 3.10. The summed E-state index contributed by atoms with van der Waals surface area (Å²) in [5.74, 6) is 0. The van der Waals surface area contributed by atoms with Crippen LogP contribution in [0.3, 0.4) is 0 Å². The average molecular weight is 238 g/mol. The van der Waals surface area contributed by atoms with Crippen molar-refractivity contribution >= 4 is 0 Å². The Morgan fingerprint density at radius 3 is 2.00 bits per heavy atom. The number of rotatable bonds is 2. The summed E-state index contributed by atoms with van der Waals surface area (Å²) < 4.78 is 0. The maximum atomic E-state index is 10.4. The molecule has 2 aliphatic carbocycles. The molecule has 2 saturated carbocycles. The molecule has 0 bridgehead atoms. The van der Waals surface area contributed by atoms with Crippen molar-refractivity contribution in [3.63, 3.8) is 0 Å². The van der Waals surface area contributed by atoms with E-state index in [1.54, 1.807) is 0 Å². The third-order valence-corrected chi connectivity index (χ3v) is 5.13. The summed E-state index contributed by atoms with van der Waals surface area (Å²) in [5, 5.41) is 10.4. The SMILES string of the molecule is CC1(C)CCC(N2CCN(C3CC3)CC2)C1O. The molecule has 0 aromatic carbocycles. The summed E-state index contributed by atoms with van der Waals surface area (Å²) in [5.41, 5.74) is 0.123. The molecule has 0 amide bonds. The molecule has 1 saturated heterocycles. The highest BCUT2D eigenvalue weighted by molar-refractivity contribution is 4.98. The Bertz CT molecular complexity index is 280. The van der Waals surface area contributed by atoms with E-state index in [2.05, 4.69) is 23.6 Å². The molecular weight excluding hydrogens is 212 g/mol. The van der Waals surface area contributed by atoms with Crippen LogP contribution < -0.4 is 0 Å². The molecule has 1 heterocycles. The summed E-state index contributed by atoms with van der Waals surface area (Å²) in [7, 11) is 0. The first-order valence-electron chi connectivity index (χ1n) is 7.24. The highest BCUT2D eigenvalue weighted by Crippen LogP contribution is 2.40. The zero-order valence-electron chi connectivity index (χ0n) is 11.2. The second-order valence-electron chi connectivity index (χ2n) is 6.84. The van der Waals surface area contributed by atoms with Gasteiger partial charge < -0.3 is 5.11 Å².